The number of nitrogens with one attached hydrogen (secondary N) is 1. The number of nitrogens with zero attached hydrogens (tertiary/aromatic N) is 1. The fourth-order valence-electron chi connectivity index (χ4n) is 3.61. The molecule has 1 N–H and O–H groups in total. The van der Waals surface area contributed by atoms with Crippen LogP contribution < -0.4 is 5.09 Å². The molecular weight excluding hydrogens is 558 g/mol. The zero-order valence-corrected chi connectivity index (χ0v) is 26.3. The molecule has 2 aromatic rings. The summed E-state index contributed by atoms with van der Waals surface area (Å²) < 4.78 is 4.82. The molecule has 1 saturated heterocycles. The molecule has 35 heavy (non-hydrogen) atoms. The van der Waals surface area contributed by atoms with Gasteiger partial charge in [-0.3, -0.25) is 0 Å². The van der Waals surface area contributed by atoms with Crippen LogP contribution in [0, 0.1) is 13.5 Å². The van der Waals surface area contributed by atoms with Gasteiger partial charge in [0.1, 0.15) is 0 Å². The van der Waals surface area contributed by atoms with Crippen molar-refractivity contribution in [3.8, 4) is 0 Å². The first-order valence-corrected chi connectivity index (χ1v) is 19.1. The van der Waals surface area contributed by atoms with Gasteiger partial charge in [-0.25, -0.2) is 16.7 Å². The molecular formula is C27H41Cl3CrN2OP+. The second-order valence-electron chi connectivity index (χ2n) is 8.95. The quantitative estimate of drug-likeness (QED) is 0.149. The van der Waals surface area contributed by atoms with E-state index < -0.39 is 19.5 Å². The number of para-hydroxylation sites is 1. The second-order valence-corrected chi connectivity index (χ2v) is 18.7. The number of aliphatic imine (C=N–C) groups is 1. The number of rotatable bonds is 7. The molecule has 3 nitrogen and oxygen atoms in total. The van der Waals surface area contributed by atoms with E-state index in [4.69, 9.17) is 39.9 Å². The molecule has 1 aliphatic heterocycles. The second kappa shape index (κ2) is 18.9. The normalized spacial score (nSPS) is 13.6. The van der Waals surface area contributed by atoms with Crippen LogP contribution in [0.1, 0.15) is 70.6 Å². The first kappa shape index (κ1) is 32.7. The van der Waals surface area contributed by atoms with Crippen LogP contribution in [0.25, 0.3) is 0 Å². The van der Waals surface area contributed by atoms with Gasteiger partial charge in [0.15, 0.2) is 5.84 Å². The van der Waals surface area contributed by atoms with Gasteiger partial charge < -0.3 is 4.74 Å². The zero-order valence-electron chi connectivity index (χ0n) is 21.8. The average Bonchev–Trinajstić information content (AvgIpc) is 3.38. The van der Waals surface area contributed by atoms with E-state index in [0.29, 0.717) is 11.3 Å². The third kappa shape index (κ3) is 14.3. The Balaban J connectivity index is 0.000000571. The molecule has 0 amide bonds. The Kier molecular flexibility index (Phi) is 17.6. The van der Waals surface area contributed by atoms with Crippen molar-refractivity contribution in [3.63, 3.8) is 0 Å². The predicted octanol–water partition coefficient (Wildman–Crippen LogP) is 9.59. The molecule has 0 aliphatic carbocycles. The molecule has 8 heteroatoms. The van der Waals surface area contributed by atoms with E-state index >= 15 is 0 Å². The Hall–Kier alpha value is -0.298. The average molecular weight is 599 g/mol. The van der Waals surface area contributed by atoms with Gasteiger partial charge in [-0.05, 0) is 52.7 Å². The summed E-state index contributed by atoms with van der Waals surface area (Å²) in [6, 6.07) is 17.2. The van der Waals surface area contributed by atoms with E-state index in [9.17, 15) is 0 Å². The third-order valence-corrected chi connectivity index (χ3v) is 8.29. The Morgan fingerprint density at radius 1 is 1.06 bits per heavy atom. The van der Waals surface area contributed by atoms with Crippen molar-refractivity contribution in [2.75, 3.05) is 6.61 Å². The molecule has 196 valence electrons. The number of amidine groups is 1. The number of ether oxygens (including phenoxy) is 1. The van der Waals surface area contributed by atoms with Crippen molar-refractivity contribution in [1.29, 1.82) is 0 Å². The van der Waals surface area contributed by atoms with Gasteiger partial charge in [0.05, 0.1) is 25.1 Å². The van der Waals surface area contributed by atoms with Crippen LogP contribution in [-0.4, -0.2) is 23.8 Å². The van der Waals surface area contributed by atoms with E-state index in [1.165, 1.54) is 23.1 Å². The van der Waals surface area contributed by atoms with Crippen LogP contribution in [0.3, 0.4) is 0 Å². The van der Waals surface area contributed by atoms with Crippen LogP contribution >= 0.6 is 38.2 Å². The standard InChI is InChI=1S/C23H33N2P.C4H7O.3ClH.Cr/c1-7-10-20-11-8-9-12-22(20)24-23(21-15-13-19(6)14-16-21)25-26(17(2)3)18(4)5;1-2-4-5-3-1;;;;/h8-9,11-18H,7,10H2,1-6H3,(H,24,25);3H,1-2,4H2;3*1H;/q;-1;;;;+4/p-2. The molecule has 0 spiro atoms. The van der Waals surface area contributed by atoms with E-state index in [2.05, 4.69) is 95.2 Å². The molecule has 0 aromatic heterocycles. The monoisotopic (exact) mass is 597 g/mol. The van der Waals surface area contributed by atoms with Gasteiger partial charge in [-0.2, -0.15) is 6.42 Å². The van der Waals surface area contributed by atoms with E-state index in [1.54, 1.807) is 0 Å². The summed E-state index contributed by atoms with van der Waals surface area (Å²) in [6.45, 7) is 16.4. The van der Waals surface area contributed by atoms with Crippen molar-refractivity contribution >= 4 is 49.7 Å². The van der Waals surface area contributed by atoms with E-state index in [1.807, 2.05) is 6.61 Å². The zero-order chi connectivity index (χ0) is 26.2. The molecule has 0 unspecified atom stereocenters. The van der Waals surface area contributed by atoms with E-state index in [0.717, 1.165) is 37.4 Å². The summed E-state index contributed by atoms with van der Waals surface area (Å²) >= 11 is -1.62. The van der Waals surface area contributed by atoms with Crippen molar-refractivity contribution < 1.29 is 16.1 Å². The number of aryl methyl sites for hydroxylation is 2. The van der Waals surface area contributed by atoms with Crippen LogP contribution in [-0.2, 0) is 22.5 Å². The molecule has 0 atom stereocenters. The summed E-state index contributed by atoms with van der Waals surface area (Å²) in [7, 11) is 14.0. The minimum absolute atomic E-state index is 0.640. The van der Waals surface area contributed by atoms with Crippen LogP contribution in [0.15, 0.2) is 53.5 Å². The number of halogens is 3. The van der Waals surface area contributed by atoms with Crippen LogP contribution in [0.2, 0.25) is 0 Å². The fraction of sp³-hybridized carbons (Fsp3) is 0.481. The molecule has 3 rings (SSSR count). The van der Waals surface area contributed by atoms with E-state index in [-0.39, 0.29) is 0 Å². The topological polar surface area (TPSA) is 33.6 Å². The molecule has 1 fully saturated rings. The summed E-state index contributed by atoms with van der Waals surface area (Å²) in [5, 5.41) is 3.86. The first-order chi connectivity index (χ1) is 16.6. The number of hydrogen-bond donors (Lipinski definition) is 1. The summed E-state index contributed by atoms with van der Waals surface area (Å²) in [6.07, 6.45) is 4.57. The Labute approximate surface area is 231 Å². The number of benzene rings is 2. The molecule has 0 saturated carbocycles. The molecule has 2 aromatic carbocycles. The Morgan fingerprint density at radius 2 is 1.66 bits per heavy atom. The Bertz CT molecular complexity index is 841. The first-order valence-electron chi connectivity index (χ1n) is 12.2. The Morgan fingerprint density at radius 3 is 2.11 bits per heavy atom. The summed E-state index contributed by atoms with van der Waals surface area (Å²) in [5.41, 5.74) is 6.14. The summed E-state index contributed by atoms with van der Waals surface area (Å²) in [4.78, 5) is 5.11. The summed E-state index contributed by atoms with van der Waals surface area (Å²) in [5.74, 6) is 1.02. The van der Waals surface area contributed by atoms with Crippen molar-refractivity contribution in [1.82, 2.24) is 5.09 Å². The van der Waals surface area contributed by atoms with Crippen molar-refractivity contribution in [2.24, 2.45) is 4.99 Å². The van der Waals surface area contributed by atoms with Crippen LogP contribution in [0.5, 0.6) is 0 Å². The molecule has 0 bridgehead atoms. The predicted molar refractivity (Wildman–Crippen MR) is 157 cm³/mol. The maximum atomic E-state index is 5.11. The maximum absolute atomic E-state index is 5.11. The third-order valence-electron chi connectivity index (χ3n) is 5.28. The number of hydrogen-bond acceptors (Lipinski definition) is 2. The minimum atomic E-state index is -1.62. The molecule has 1 heterocycles. The molecule has 1 aliphatic rings. The van der Waals surface area contributed by atoms with Gasteiger partial charge >= 0.3 is 41.5 Å². The van der Waals surface area contributed by atoms with Gasteiger partial charge in [0, 0.05) is 12.2 Å². The van der Waals surface area contributed by atoms with Crippen molar-refractivity contribution in [3.05, 3.63) is 71.8 Å². The fourth-order valence-corrected chi connectivity index (χ4v) is 5.99. The molecule has 0 radical (unpaired) electrons. The van der Waals surface area contributed by atoms with Crippen molar-refractivity contribution in [2.45, 2.75) is 78.5 Å². The van der Waals surface area contributed by atoms with Gasteiger partial charge in [-0.15, -0.1) is 0 Å². The van der Waals surface area contributed by atoms with Gasteiger partial charge in [0.2, 0.25) is 0 Å². The SMILES string of the molecule is CCCc1ccccc1N=C(N[PH+](C(C)C)C(C)C)c1ccc(C)cc1.[CH-]1CCCO1.[Cl][Cr+]([Cl])[Cl]. The van der Waals surface area contributed by atoms with Gasteiger partial charge in [0.25, 0.3) is 0 Å². The van der Waals surface area contributed by atoms with Gasteiger partial charge in [-0.1, -0.05) is 67.8 Å². The van der Waals surface area contributed by atoms with Crippen LogP contribution in [0.4, 0.5) is 5.69 Å².